The molecule has 0 aliphatic rings. The third-order valence-electron chi connectivity index (χ3n) is 4.44. The van der Waals surface area contributed by atoms with Crippen LogP contribution in [0.2, 0.25) is 5.02 Å². The maximum Gasteiger partial charge on any atom is 0.265 e. The van der Waals surface area contributed by atoms with Crippen LogP contribution in [0.5, 0.6) is 0 Å². The van der Waals surface area contributed by atoms with E-state index in [-0.39, 0.29) is 11.5 Å². The first-order valence-electron chi connectivity index (χ1n) is 8.44. The number of fused-ring (bicyclic) bond motifs is 2. The van der Waals surface area contributed by atoms with Crippen molar-refractivity contribution in [2.45, 2.75) is 6.54 Å². The molecule has 6 heteroatoms. The lowest BCUT2D eigenvalue weighted by Gasteiger charge is -2.18. The zero-order chi connectivity index (χ0) is 19.0. The molecular formula is C21H16ClN3O2. The summed E-state index contributed by atoms with van der Waals surface area (Å²) in [6, 6.07) is 18.0. The van der Waals surface area contributed by atoms with E-state index in [1.54, 1.807) is 48.5 Å². The highest BCUT2D eigenvalue weighted by atomic mass is 35.5. The Morgan fingerprint density at radius 1 is 1.11 bits per heavy atom. The van der Waals surface area contributed by atoms with Crippen LogP contribution >= 0.6 is 11.6 Å². The van der Waals surface area contributed by atoms with E-state index < -0.39 is 0 Å². The summed E-state index contributed by atoms with van der Waals surface area (Å²) >= 11 is 6.04. The average Bonchev–Trinajstić information content (AvgIpc) is 2.68. The van der Waals surface area contributed by atoms with Crippen LogP contribution in [0.25, 0.3) is 16.6 Å². The van der Waals surface area contributed by atoms with Crippen molar-refractivity contribution in [3.8, 4) is 0 Å². The van der Waals surface area contributed by atoms with E-state index in [1.165, 1.54) is 4.40 Å². The number of nitrogens with zero attached hydrogens (tertiary/aromatic N) is 3. The fraction of sp³-hybridized carbons (Fsp3) is 0.0952. The number of hydrogen-bond donors (Lipinski definition) is 0. The molecule has 0 unspecified atom stereocenters. The van der Waals surface area contributed by atoms with Crippen molar-refractivity contribution in [1.29, 1.82) is 0 Å². The summed E-state index contributed by atoms with van der Waals surface area (Å²) in [5.41, 5.74) is 1.96. The fourth-order valence-corrected chi connectivity index (χ4v) is 3.27. The minimum atomic E-state index is -0.230. The van der Waals surface area contributed by atoms with E-state index in [0.29, 0.717) is 33.7 Å². The number of pyridine rings is 1. The van der Waals surface area contributed by atoms with Crippen molar-refractivity contribution in [2.24, 2.45) is 0 Å². The Hall–Kier alpha value is -3.18. The van der Waals surface area contributed by atoms with Crippen LogP contribution in [0.15, 0.2) is 71.7 Å². The highest BCUT2D eigenvalue weighted by molar-refractivity contribution is 6.31. The Kier molecular flexibility index (Phi) is 4.38. The van der Waals surface area contributed by atoms with Crippen molar-refractivity contribution >= 4 is 34.1 Å². The molecule has 0 saturated heterocycles. The van der Waals surface area contributed by atoms with E-state index in [1.807, 2.05) is 30.3 Å². The van der Waals surface area contributed by atoms with Crippen molar-refractivity contribution in [1.82, 2.24) is 14.3 Å². The number of rotatable bonds is 3. The van der Waals surface area contributed by atoms with Gasteiger partial charge in [-0.1, -0.05) is 41.9 Å². The third-order valence-corrected chi connectivity index (χ3v) is 4.68. The van der Waals surface area contributed by atoms with Gasteiger partial charge in [0.1, 0.15) is 0 Å². The molecule has 4 rings (SSSR count). The van der Waals surface area contributed by atoms with E-state index in [4.69, 9.17) is 11.6 Å². The van der Waals surface area contributed by atoms with Crippen LogP contribution in [0, 0.1) is 0 Å². The molecule has 2 aromatic heterocycles. The molecule has 5 nitrogen and oxygen atoms in total. The van der Waals surface area contributed by atoms with Gasteiger partial charge in [-0.05, 0) is 35.9 Å². The third kappa shape index (κ3) is 3.17. The monoisotopic (exact) mass is 377 g/mol. The molecule has 0 aliphatic heterocycles. The quantitative estimate of drug-likeness (QED) is 0.511. The number of aromatic nitrogens is 2. The SMILES string of the molecule is CN(Cc1ccccc1)C(=O)c1cccn2c(=O)c3ccc(Cl)cc3nc12. The smallest absolute Gasteiger partial charge is 0.265 e. The van der Waals surface area contributed by atoms with Crippen molar-refractivity contribution in [3.63, 3.8) is 0 Å². The molecule has 0 radical (unpaired) electrons. The lowest BCUT2D eigenvalue weighted by atomic mass is 10.1. The zero-order valence-electron chi connectivity index (χ0n) is 14.6. The number of hydrogen-bond acceptors (Lipinski definition) is 3. The van der Waals surface area contributed by atoms with Gasteiger partial charge in [0.2, 0.25) is 0 Å². The van der Waals surface area contributed by atoms with E-state index in [9.17, 15) is 9.59 Å². The first kappa shape index (κ1) is 17.2. The van der Waals surface area contributed by atoms with Gasteiger partial charge in [0.15, 0.2) is 5.65 Å². The molecular weight excluding hydrogens is 362 g/mol. The van der Waals surface area contributed by atoms with Gasteiger partial charge in [-0.2, -0.15) is 0 Å². The van der Waals surface area contributed by atoms with Gasteiger partial charge in [-0.15, -0.1) is 0 Å². The van der Waals surface area contributed by atoms with Crippen molar-refractivity contribution in [2.75, 3.05) is 7.05 Å². The molecule has 0 spiro atoms. The maximum absolute atomic E-state index is 13.0. The molecule has 2 heterocycles. The molecule has 2 aromatic carbocycles. The van der Waals surface area contributed by atoms with Gasteiger partial charge in [-0.25, -0.2) is 4.98 Å². The average molecular weight is 378 g/mol. The van der Waals surface area contributed by atoms with E-state index in [2.05, 4.69) is 4.98 Å². The number of benzene rings is 2. The standard InChI is InChI=1S/C21H16ClN3O2/c1-24(13-14-6-3-2-4-7-14)20(26)17-8-5-11-25-19(17)23-18-12-15(22)9-10-16(18)21(25)27/h2-12H,13H2,1H3. The number of halogens is 1. The summed E-state index contributed by atoms with van der Waals surface area (Å²) in [6.45, 7) is 0.463. The predicted molar refractivity (Wildman–Crippen MR) is 106 cm³/mol. The van der Waals surface area contributed by atoms with Gasteiger partial charge in [0.05, 0.1) is 16.5 Å². The fourth-order valence-electron chi connectivity index (χ4n) is 3.10. The minimum Gasteiger partial charge on any atom is -0.337 e. The number of carbonyl (C=O) groups excluding carboxylic acids is 1. The number of amides is 1. The first-order chi connectivity index (χ1) is 13.0. The summed E-state index contributed by atoms with van der Waals surface area (Å²) in [7, 11) is 1.73. The van der Waals surface area contributed by atoms with Crippen LogP contribution in [-0.2, 0) is 6.54 Å². The van der Waals surface area contributed by atoms with Crippen molar-refractivity contribution < 1.29 is 4.79 Å². The molecule has 0 bridgehead atoms. The van der Waals surface area contributed by atoms with Gasteiger partial charge < -0.3 is 4.90 Å². The Labute approximate surface area is 160 Å². The second kappa shape index (κ2) is 6.85. The normalized spacial score (nSPS) is 11.0. The summed E-state index contributed by atoms with van der Waals surface area (Å²) in [6.07, 6.45) is 1.62. The first-order valence-corrected chi connectivity index (χ1v) is 8.82. The summed E-state index contributed by atoms with van der Waals surface area (Å²) in [5.74, 6) is -0.203. The van der Waals surface area contributed by atoms with Gasteiger partial charge >= 0.3 is 0 Å². The molecule has 0 atom stereocenters. The van der Waals surface area contributed by atoms with Gasteiger partial charge in [0.25, 0.3) is 11.5 Å². The van der Waals surface area contributed by atoms with Crippen LogP contribution < -0.4 is 5.56 Å². The molecule has 4 aromatic rings. The highest BCUT2D eigenvalue weighted by Crippen LogP contribution is 2.18. The molecule has 134 valence electrons. The minimum absolute atomic E-state index is 0.203. The second-order valence-electron chi connectivity index (χ2n) is 6.34. The topological polar surface area (TPSA) is 54.7 Å². The summed E-state index contributed by atoms with van der Waals surface area (Å²) < 4.78 is 1.40. The summed E-state index contributed by atoms with van der Waals surface area (Å²) in [4.78, 5) is 32.0. The largest absolute Gasteiger partial charge is 0.337 e. The van der Waals surface area contributed by atoms with E-state index in [0.717, 1.165) is 5.56 Å². The molecule has 0 aliphatic carbocycles. The predicted octanol–water partition coefficient (Wildman–Crippen LogP) is 3.77. The van der Waals surface area contributed by atoms with Crippen molar-refractivity contribution in [3.05, 3.63) is 93.4 Å². The Balaban J connectivity index is 1.82. The number of carbonyl (C=O) groups is 1. The molecule has 0 fully saturated rings. The molecule has 1 amide bonds. The highest BCUT2D eigenvalue weighted by Gasteiger charge is 2.18. The Morgan fingerprint density at radius 2 is 1.89 bits per heavy atom. The summed E-state index contributed by atoms with van der Waals surface area (Å²) in [5, 5.41) is 0.947. The lowest BCUT2D eigenvalue weighted by Crippen LogP contribution is -2.28. The van der Waals surface area contributed by atoms with Crippen LogP contribution in [-0.4, -0.2) is 27.2 Å². The lowest BCUT2D eigenvalue weighted by molar-refractivity contribution is 0.0786. The Morgan fingerprint density at radius 3 is 2.67 bits per heavy atom. The van der Waals surface area contributed by atoms with Crippen LogP contribution in [0.1, 0.15) is 15.9 Å². The zero-order valence-corrected chi connectivity index (χ0v) is 15.3. The van der Waals surface area contributed by atoms with Gasteiger partial charge in [0, 0.05) is 24.8 Å². The molecule has 27 heavy (non-hydrogen) atoms. The van der Waals surface area contributed by atoms with Gasteiger partial charge in [-0.3, -0.25) is 14.0 Å². The molecule has 0 N–H and O–H groups in total. The van der Waals surface area contributed by atoms with Crippen LogP contribution in [0.3, 0.4) is 0 Å². The van der Waals surface area contributed by atoms with E-state index >= 15 is 0 Å². The Bertz CT molecular complexity index is 1220. The van der Waals surface area contributed by atoms with Crippen LogP contribution in [0.4, 0.5) is 0 Å². The molecule has 0 saturated carbocycles. The second-order valence-corrected chi connectivity index (χ2v) is 6.78. The maximum atomic E-state index is 13.0.